The summed E-state index contributed by atoms with van der Waals surface area (Å²) < 4.78 is 6.34. The van der Waals surface area contributed by atoms with Crippen LogP contribution in [0.2, 0.25) is 0 Å². The number of thioether (sulfide) groups is 1. The van der Waals surface area contributed by atoms with Crippen LogP contribution in [-0.4, -0.2) is 48.4 Å². The van der Waals surface area contributed by atoms with E-state index in [1.54, 1.807) is 18.4 Å². The molecule has 1 aromatic rings. The van der Waals surface area contributed by atoms with E-state index in [1.165, 1.54) is 0 Å². The third kappa shape index (κ3) is 4.70. The molecule has 1 amide bonds. The summed E-state index contributed by atoms with van der Waals surface area (Å²) in [6.07, 6.45) is 2.18. The van der Waals surface area contributed by atoms with Gasteiger partial charge in [-0.3, -0.25) is 4.79 Å². The van der Waals surface area contributed by atoms with Gasteiger partial charge in [0.25, 0.3) is 0 Å². The molecule has 0 aliphatic carbocycles. The Morgan fingerprint density at radius 1 is 1.50 bits per heavy atom. The minimum Gasteiger partial charge on any atom is -0.384 e. The van der Waals surface area contributed by atoms with Crippen molar-refractivity contribution in [3.63, 3.8) is 0 Å². The van der Waals surface area contributed by atoms with E-state index in [0.717, 1.165) is 41.7 Å². The largest absolute Gasteiger partial charge is 0.384 e. The molecule has 124 valence electrons. The van der Waals surface area contributed by atoms with Crippen molar-refractivity contribution in [1.29, 1.82) is 0 Å². The van der Waals surface area contributed by atoms with Crippen LogP contribution >= 0.6 is 23.1 Å². The van der Waals surface area contributed by atoms with Gasteiger partial charge in [0.05, 0.1) is 12.0 Å². The van der Waals surface area contributed by atoms with Crippen molar-refractivity contribution < 1.29 is 9.53 Å². The van der Waals surface area contributed by atoms with Crippen molar-refractivity contribution >= 4 is 29.0 Å². The quantitative estimate of drug-likeness (QED) is 0.743. The summed E-state index contributed by atoms with van der Waals surface area (Å²) in [7, 11) is 1.65. The number of hydrogen-bond acceptors (Lipinski definition) is 5. The fourth-order valence-electron chi connectivity index (χ4n) is 2.74. The van der Waals surface area contributed by atoms with Crippen LogP contribution in [0.25, 0.3) is 0 Å². The number of aromatic nitrogens is 1. The Morgan fingerprint density at radius 2 is 2.18 bits per heavy atom. The maximum absolute atomic E-state index is 12.5. The minimum absolute atomic E-state index is 0.219. The number of ether oxygens (including phenoxy) is 1. The monoisotopic (exact) mass is 342 g/mol. The van der Waals surface area contributed by atoms with Crippen LogP contribution in [0.4, 0.5) is 0 Å². The molecule has 22 heavy (non-hydrogen) atoms. The molecule has 0 bridgehead atoms. The molecule has 0 N–H and O–H groups in total. The molecule has 0 atom stereocenters. The second-order valence-electron chi connectivity index (χ2n) is 6.62. The topological polar surface area (TPSA) is 42.4 Å². The molecule has 4 nitrogen and oxygen atoms in total. The zero-order chi connectivity index (χ0) is 16.2. The van der Waals surface area contributed by atoms with Gasteiger partial charge in [0.1, 0.15) is 4.34 Å². The maximum Gasteiger partial charge on any atom is 0.230 e. The van der Waals surface area contributed by atoms with Gasteiger partial charge in [-0.15, -0.1) is 11.3 Å². The predicted octanol–water partition coefficient (Wildman–Crippen LogP) is 3.45. The Hall–Kier alpha value is -0.590. The van der Waals surface area contributed by atoms with E-state index >= 15 is 0 Å². The van der Waals surface area contributed by atoms with Crippen molar-refractivity contribution in [2.24, 2.45) is 11.3 Å². The minimum atomic E-state index is -0.422. The van der Waals surface area contributed by atoms with E-state index in [0.29, 0.717) is 12.5 Å². The first kappa shape index (κ1) is 17.8. The third-order valence-electron chi connectivity index (χ3n) is 4.03. The van der Waals surface area contributed by atoms with Crippen LogP contribution in [0, 0.1) is 18.3 Å². The first-order valence-corrected chi connectivity index (χ1v) is 9.62. The summed E-state index contributed by atoms with van der Waals surface area (Å²) in [5.74, 6) is 2.01. The summed E-state index contributed by atoms with van der Waals surface area (Å²) in [5.41, 5.74) is 0.683. The molecule has 0 aromatic carbocycles. The summed E-state index contributed by atoms with van der Waals surface area (Å²) in [5, 5.41) is 2.10. The molecule has 0 unspecified atom stereocenters. The molecule has 0 saturated carbocycles. The Balaban J connectivity index is 1.76. The van der Waals surface area contributed by atoms with Crippen LogP contribution in [0.1, 0.15) is 32.4 Å². The van der Waals surface area contributed by atoms with E-state index in [1.807, 2.05) is 37.4 Å². The summed E-state index contributed by atoms with van der Waals surface area (Å²) in [6.45, 7) is 8.18. The predicted molar refractivity (Wildman–Crippen MR) is 92.5 cm³/mol. The number of carbonyl (C=O) groups is 1. The van der Waals surface area contributed by atoms with Crippen LogP contribution in [0.15, 0.2) is 9.72 Å². The number of carbonyl (C=O) groups excluding carboxylic acids is 1. The number of piperidine rings is 1. The van der Waals surface area contributed by atoms with Crippen LogP contribution in [-0.2, 0) is 9.53 Å². The second kappa shape index (κ2) is 7.79. The Bertz CT molecular complexity index is 494. The lowest BCUT2D eigenvalue weighted by molar-refractivity contribution is -0.144. The van der Waals surface area contributed by atoms with Crippen LogP contribution in [0.3, 0.4) is 0 Å². The van der Waals surface area contributed by atoms with E-state index in [9.17, 15) is 4.79 Å². The van der Waals surface area contributed by atoms with Crippen LogP contribution < -0.4 is 0 Å². The first-order valence-electron chi connectivity index (χ1n) is 7.75. The van der Waals surface area contributed by atoms with Gasteiger partial charge in [-0.2, -0.15) is 0 Å². The SMILES string of the molecule is COCC(C)(C)C(=O)N1CCC(CSc2nc(C)cs2)CC1. The van der Waals surface area contributed by atoms with E-state index in [-0.39, 0.29) is 5.91 Å². The Labute approximate surface area is 141 Å². The number of aryl methyl sites for hydroxylation is 1. The van der Waals surface area contributed by atoms with Gasteiger partial charge in [-0.1, -0.05) is 11.8 Å². The standard InChI is InChI=1S/C16H26N2O2S2/c1-12-9-21-15(17-12)22-10-13-5-7-18(8-6-13)14(19)16(2,3)11-20-4/h9,13H,5-8,10-11H2,1-4H3. The highest BCUT2D eigenvalue weighted by Crippen LogP contribution is 2.30. The van der Waals surface area contributed by atoms with Crippen molar-refractivity contribution in [3.8, 4) is 0 Å². The van der Waals surface area contributed by atoms with Gasteiger partial charge in [-0.25, -0.2) is 4.98 Å². The average Bonchev–Trinajstić information content (AvgIpc) is 2.90. The molecule has 1 aliphatic heterocycles. The van der Waals surface area contributed by atoms with Gasteiger partial charge >= 0.3 is 0 Å². The summed E-state index contributed by atoms with van der Waals surface area (Å²) in [4.78, 5) is 19.0. The molecule has 1 aromatic heterocycles. The number of nitrogens with zero attached hydrogens (tertiary/aromatic N) is 2. The molecule has 6 heteroatoms. The van der Waals surface area contributed by atoms with E-state index < -0.39 is 5.41 Å². The first-order chi connectivity index (χ1) is 10.4. The molecule has 2 heterocycles. The lowest BCUT2D eigenvalue weighted by atomic mass is 9.90. The van der Waals surface area contributed by atoms with Crippen molar-refractivity contribution in [1.82, 2.24) is 9.88 Å². The fraction of sp³-hybridized carbons (Fsp3) is 0.750. The van der Waals surface area contributed by atoms with Crippen LogP contribution in [0.5, 0.6) is 0 Å². The fourth-order valence-corrected chi connectivity index (χ4v) is 4.80. The number of methoxy groups -OCH3 is 1. The zero-order valence-electron chi connectivity index (χ0n) is 13.9. The Kier molecular flexibility index (Phi) is 6.29. The molecule has 1 aliphatic rings. The molecule has 1 saturated heterocycles. The van der Waals surface area contributed by atoms with Crippen molar-refractivity contribution in [2.75, 3.05) is 32.6 Å². The number of likely N-dealkylation sites (tertiary alicyclic amines) is 1. The summed E-state index contributed by atoms with van der Waals surface area (Å²) in [6, 6.07) is 0. The van der Waals surface area contributed by atoms with Crippen molar-refractivity contribution in [3.05, 3.63) is 11.1 Å². The molecule has 0 radical (unpaired) electrons. The van der Waals surface area contributed by atoms with Gasteiger partial charge < -0.3 is 9.64 Å². The summed E-state index contributed by atoms with van der Waals surface area (Å²) >= 11 is 3.58. The molecule has 1 fully saturated rings. The molecule has 2 rings (SSSR count). The Morgan fingerprint density at radius 3 is 2.73 bits per heavy atom. The molecular formula is C16H26N2O2S2. The van der Waals surface area contributed by atoms with Gasteiger partial charge in [-0.05, 0) is 39.5 Å². The number of rotatable bonds is 6. The second-order valence-corrected chi connectivity index (χ2v) is 8.74. The maximum atomic E-state index is 12.5. The smallest absolute Gasteiger partial charge is 0.230 e. The van der Waals surface area contributed by atoms with Gasteiger partial charge in [0.15, 0.2) is 0 Å². The number of thiazole rings is 1. The molecule has 0 spiro atoms. The van der Waals surface area contributed by atoms with Crippen molar-refractivity contribution in [2.45, 2.75) is 38.0 Å². The lowest BCUT2D eigenvalue weighted by Crippen LogP contribution is -2.47. The number of hydrogen-bond donors (Lipinski definition) is 0. The van der Waals surface area contributed by atoms with E-state index in [4.69, 9.17) is 4.74 Å². The highest BCUT2D eigenvalue weighted by molar-refractivity contribution is 8.01. The normalized spacial score (nSPS) is 17.0. The third-order valence-corrected chi connectivity index (χ3v) is 6.40. The van der Waals surface area contributed by atoms with E-state index in [2.05, 4.69) is 10.4 Å². The lowest BCUT2D eigenvalue weighted by Gasteiger charge is -2.36. The average molecular weight is 343 g/mol. The highest BCUT2D eigenvalue weighted by atomic mass is 32.2. The van der Waals surface area contributed by atoms with Gasteiger partial charge in [0.2, 0.25) is 5.91 Å². The van der Waals surface area contributed by atoms with Gasteiger partial charge in [0, 0.05) is 37.0 Å². The molecular weight excluding hydrogens is 316 g/mol. The number of amides is 1. The highest BCUT2D eigenvalue weighted by Gasteiger charge is 2.34. The zero-order valence-corrected chi connectivity index (χ0v) is 15.6.